The first-order chi connectivity index (χ1) is 14.1. The minimum absolute atomic E-state index is 0.253. The largest absolute Gasteiger partial charge is 0.274 e. The summed E-state index contributed by atoms with van der Waals surface area (Å²) in [5.74, 6) is 0.688. The lowest BCUT2D eigenvalue weighted by molar-refractivity contribution is 0.0658. The van der Waals surface area contributed by atoms with Gasteiger partial charge in [0.25, 0.3) is 11.8 Å². The third-order valence-electron chi connectivity index (χ3n) is 4.84. The van der Waals surface area contributed by atoms with Gasteiger partial charge in [-0.25, -0.2) is 0 Å². The van der Waals surface area contributed by atoms with Crippen LogP contribution in [0.25, 0.3) is 11.4 Å². The molecular formula is C20H14ClN5O2S. The molecule has 2 aromatic carbocycles. The lowest BCUT2D eigenvalue weighted by Gasteiger charge is -2.17. The van der Waals surface area contributed by atoms with E-state index in [1.807, 2.05) is 18.2 Å². The highest BCUT2D eigenvalue weighted by molar-refractivity contribution is 7.99. The zero-order valence-electron chi connectivity index (χ0n) is 15.1. The summed E-state index contributed by atoms with van der Waals surface area (Å²) in [4.78, 5) is 26.4. The van der Waals surface area contributed by atoms with E-state index < -0.39 is 0 Å². The summed E-state index contributed by atoms with van der Waals surface area (Å²) in [7, 11) is 0. The first kappa shape index (κ1) is 18.1. The molecule has 0 radical (unpaired) electrons. The molecule has 2 amide bonds. The average Bonchev–Trinajstić information content (AvgIpc) is 3.26. The normalized spacial score (nSPS) is 15.3. The van der Waals surface area contributed by atoms with Crippen molar-refractivity contribution in [2.45, 2.75) is 11.6 Å². The zero-order valence-corrected chi connectivity index (χ0v) is 16.7. The second-order valence-corrected chi connectivity index (χ2v) is 7.96. The first-order valence-electron chi connectivity index (χ1n) is 8.98. The molecule has 144 valence electrons. The van der Waals surface area contributed by atoms with Gasteiger partial charge >= 0.3 is 0 Å². The maximum Gasteiger partial charge on any atom is 0.261 e. The van der Waals surface area contributed by atoms with E-state index >= 15 is 0 Å². The smallest absolute Gasteiger partial charge is 0.261 e. The molecule has 0 saturated heterocycles. The maximum absolute atomic E-state index is 12.5. The van der Waals surface area contributed by atoms with E-state index in [1.54, 1.807) is 35.0 Å². The van der Waals surface area contributed by atoms with Crippen LogP contribution in [0.3, 0.4) is 0 Å². The Morgan fingerprint density at radius 1 is 0.931 bits per heavy atom. The fraction of sp³-hybridized carbons (Fsp3) is 0.150. The van der Waals surface area contributed by atoms with Crippen LogP contribution in [0, 0.1) is 0 Å². The minimum atomic E-state index is -0.253. The van der Waals surface area contributed by atoms with Gasteiger partial charge in [0.1, 0.15) is 0 Å². The fourth-order valence-electron chi connectivity index (χ4n) is 3.38. The summed E-state index contributed by atoms with van der Waals surface area (Å²) in [5, 5.41) is 14.3. The van der Waals surface area contributed by atoms with Gasteiger partial charge in [0.15, 0.2) is 5.82 Å². The number of rotatable bonds is 4. The van der Waals surface area contributed by atoms with Crippen molar-refractivity contribution in [1.29, 1.82) is 0 Å². The van der Waals surface area contributed by atoms with E-state index in [9.17, 15) is 9.59 Å². The number of imide groups is 1. The molecule has 2 aliphatic rings. The summed E-state index contributed by atoms with van der Waals surface area (Å²) >= 11 is 7.82. The van der Waals surface area contributed by atoms with E-state index in [0.29, 0.717) is 39.3 Å². The van der Waals surface area contributed by atoms with Crippen LogP contribution in [0.2, 0.25) is 5.02 Å². The van der Waals surface area contributed by atoms with Crippen molar-refractivity contribution >= 4 is 40.9 Å². The van der Waals surface area contributed by atoms with Gasteiger partial charge in [0, 0.05) is 24.3 Å². The first-order valence-corrected chi connectivity index (χ1v) is 10.3. The molecule has 9 heteroatoms. The number of thioether (sulfide) groups is 1. The molecule has 7 nitrogen and oxygen atoms in total. The number of hydrogen-bond acceptors (Lipinski definition) is 6. The molecule has 0 N–H and O–H groups in total. The second-order valence-electron chi connectivity index (χ2n) is 6.61. The predicted molar refractivity (Wildman–Crippen MR) is 110 cm³/mol. The number of halogens is 1. The third kappa shape index (κ3) is 3.04. The highest BCUT2D eigenvalue weighted by Crippen LogP contribution is 2.31. The third-order valence-corrected chi connectivity index (χ3v) is 6.16. The van der Waals surface area contributed by atoms with Gasteiger partial charge in [-0.2, -0.15) is 9.78 Å². The van der Waals surface area contributed by atoms with Crippen molar-refractivity contribution in [2.24, 2.45) is 5.10 Å². The SMILES string of the molecule is O=C1c2ccccc2C(=O)N1CCC1=Nn2c(nnc2-c2ccccc2Cl)SC1. The lowest BCUT2D eigenvalue weighted by atomic mass is 10.1. The van der Waals surface area contributed by atoms with E-state index in [-0.39, 0.29) is 18.4 Å². The van der Waals surface area contributed by atoms with Gasteiger partial charge in [-0.3, -0.25) is 14.5 Å². The van der Waals surface area contributed by atoms with Crippen LogP contribution in [0.5, 0.6) is 0 Å². The van der Waals surface area contributed by atoms with Crippen LogP contribution in [-0.4, -0.2) is 49.6 Å². The number of hydrogen-bond donors (Lipinski definition) is 0. The van der Waals surface area contributed by atoms with Crippen LogP contribution in [0.15, 0.2) is 58.8 Å². The Labute approximate surface area is 175 Å². The fourth-order valence-corrected chi connectivity index (χ4v) is 4.45. The maximum atomic E-state index is 12.5. The average molecular weight is 424 g/mol. The number of carbonyl (C=O) groups excluding carboxylic acids is 2. The van der Waals surface area contributed by atoms with Crippen LogP contribution in [-0.2, 0) is 0 Å². The van der Waals surface area contributed by atoms with Crippen LogP contribution >= 0.6 is 23.4 Å². The Morgan fingerprint density at radius 2 is 1.59 bits per heavy atom. The monoisotopic (exact) mass is 423 g/mol. The summed E-state index contributed by atoms with van der Waals surface area (Å²) in [6.07, 6.45) is 0.484. The van der Waals surface area contributed by atoms with Gasteiger partial charge in [0.05, 0.1) is 21.9 Å². The molecule has 0 atom stereocenters. The molecule has 0 aliphatic carbocycles. The highest BCUT2D eigenvalue weighted by Gasteiger charge is 2.35. The summed E-state index contributed by atoms with van der Waals surface area (Å²) in [6.45, 7) is 0.282. The quantitative estimate of drug-likeness (QED) is 0.599. The summed E-state index contributed by atoms with van der Waals surface area (Å²) in [6, 6.07) is 14.3. The number of carbonyl (C=O) groups is 2. The molecule has 0 spiro atoms. The Kier molecular flexibility index (Phi) is 4.44. The van der Waals surface area contributed by atoms with Crippen molar-refractivity contribution in [1.82, 2.24) is 19.8 Å². The van der Waals surface area contributed by atoms with Crippen molar-refractivity contribution in [2.75, 3.05) is 12.3 Å². The number of aromatic nitrogens is 3. The number of nitrogens with zero attached hydrogens (tertiary/aromatic N) is 5. The van der Waals surface area contributed by atoms with E-state index in [2.05, 4.69) is 15.3 Å². The van der Waals surface area contributed by atoms with Gasteiger partial charge in [-0.15, -0.1) is 10.2 Å². The zero-order chi connectivity index (χ0) is 20.0. The number of amides is 2. The van der Waals surface area contributed by atoms with E-state index in [0.717, 1.165) is 11.3 Å². The van der Waals surface area contributed by atoms with Gasteiger partial charge in [0.2, 0.25) is 5.16 Å². The molecule has 5 rings (SSSR count). The van der Waals surface area contributed by atoms with Gasteiger partial charge in [-0.05, 0) is 24.3 Å². The molecule has 1 aromatic heterocycles. The van der Waals surface area contributed by atoms with Gasteiger partial charge < -0.3 is 0 Å². The summed E-state index contributed by atoms with van der Waals surface area (Å²) < 4.78 is 1.67. The molecular weight excluding hydrogens is 410 g/mol. The molecule has 0 unspecified atom stereocenters. The van der Waals surface area contributed by atoms with Crippen molar-refractivity contribution in [3.05, 3.63) is 64.7 Å². The summed E-state index contributed by atoms with van der Waals surface area (Å²) in [5.41, 5.74) is 2.52. The Morgan fingerprint density at radius 3 is 2.28 bits per heavy atom. The molecule has 2 aliphatic heterocycles. The second kappa shape index (κ2) is 7.13. The Balaban J connectivity index is 1.38. The van der Waals surface area contributed by atoms with Crippen LogP contribution in [0.4, 0.5) is 0 Å². The molecule has 0 saturated carbocycles. The molecule has 3 heterocycles. The predicted octanol–water partition coefficient (Wildman–Crippen LogP) is 3.59. The standard InChI is InChI=1S/C20H14ClN5O2S/c21-16-8-4-3-7-15(16)17-22-23-20-26(17)24-12(11-29-20)9-10-25-18(27)13-5-1-2-6-14(13)19(25)28/h1-8H,9-11H2. The molecule has 0 bridgehead atoms. The number of benzene rings is 2. The van der Waals surface area contributed by atoms with Crippen LogP contribution in [0.1, 0.15) is 27.1 Å². The molecule has 3 aromatic rings. The Hall–Kier alpha value is -2.97. The molecule has 0 fully saturated rings. The van der Waals surface area contributed by atoms with Crippen molar-refractivity contribution in [3.63, 3.8) is 0 Å². The highest BCUT2D eigenvalue weighted by atomic mass is 35.5. The topological polar surface area (TPSA) is 80.5 Å². The van der Waals surface area contributed by atoms with Gasteiger partial charge in [-0.1, -0.05) is 47.6 Å². The van der Waals surface area contributed by atoms with E-state index in [4.69, 9.17) is 11.6 Å². The minimum Gasteiger partial charge on any atom is -0.274 e. The lowest BCUT2D eigenvalue weighted by Crippen LogP contribution is -2.32. The van der Waals surface area contributed by atoms with Crippen molar-refractivity contribution < 1.29 is 9.59 Å². The van der Waals surface area contributed by atoms with Crippen LogP contribution < -0.4 is 0 Å². The van der Waals surface area contributed by atoms with E-state index in [1.165, 1.54) is 16.7 Å². The Bertz CT molecular complexity index is 1150. The van der Waals surface area contributed by atoms with Crippen molar-refractivity contribution in [3.8, 4) is 11.4 Å². The number of fused-ring (bicyclic) bond motifs is 2. The molecule has 29 heavy (non-hydrogen) atoms.